The number of thiazole rings is 1. The van der Waals surface area contributed by atoms with Gasteiger partial charge in [0.25, 0.3) is 0 Å². The van der Waals surface area contributed by atoms with Gasteiger partial charge in [0.2, 0.25) is 0 Å². The highest BCUT2D eigenvalue weighted by Crippen LogP contribution is 2.17. The van der Waals surface area contributed by atoms with Crippen molar-refractivity contribution in [1.82, 2.24) is 15.8 Å². The molecule has 12 heteroatoms. The number of aromatic nitrogens is 1. The predicted molar refractivity (Wildman–Crippen MR) is 117 cm³/mol. The number of rotatable bonds is 7. The van der Waals surface area contributed by atoms with Crippen LogP contribution in [0.5, 0.6) is 0 Å². The minimum atomic E-state index is -1.28. The number of esters is 1. The first-order valence-corrected chi connectivity index (χ1v) is 10.4. The van der Waals surface area contributed by atoms with Crippen LogP contribution in [-0.4, -0.2) is 46.2 Å². The Labute approximate surface area is 185 Å². The lowest BCUT2D eigenvalue weighted by Crippen LogP contribution is -2.53. The molecule has 11 nitrogen and oxygen atoms in total. The maximum atomic E-state index is 12.1. The van der Waals surface area contributed by atoms with Crippen LogP contribution in [0.25, 0.3) is 0 Å². The van der Waals surface area contributed by atoms with Crippen molar-refractivity contribution in [2.75, 3.05) is 5.32 Å². The van der Waals surface area contributed by atoms with Gasteiger partial charge in [0.1, 0.15) is 33.9 Å². The van der Waals surface area contributed by atoms with Gasteiger partial charge in [0.15, 0.2) is 0 Å². The molecule has 31 heavy (non-hydrogen) atoms. The Morgan fingerprint density at radius 3 is 2.23 bits per heavy atom. The molecular formula is C19H31N5O6S. The number of nitrogens with zero attached hydrogens (tertiary/aromatic N) is 2. The number of aliphatic imine (C=N–C) groups is 1. The third-order valence-corrected chi connectivity index (χ3v) is 3.86. The molecule has 1 rings (SSSR count). The summed E-state index contributed by atoms with van der Waals surface area (Å²) in [4.78, 5) is 48.6. The largest absolute Gasteiger partial charge is 0.458 e. The Hall–Kier alpha value is -2.89. The van der Waals surface area contributed by atoms with E-state index in [1.807, 2.05) is 0 Å². The standard InChI is InChI=1S/C19H31N5O6S/c1-17(2,3)28-14(25)19(7,8)24-16(27)30-21-11-20-9-13-22-12(10-31-13)23-15(26)29-18(4,5)6/h10-11H,9H2,1-8H3,(H,20,21)(H,23,26)(H,24,27). The van der Waals surface area contributed by atoms with E-state index in [0.717, 1.165) is 0 Å². The Morgan fingerprint density at radius 2 is 1.65 bits per heavy atom. The quantitative estimate of drug-likeness (QED) is 0.186. The molecular weight excluding hydrogens is 426 g/mol. The lowest BCUT2D eigenvalue weighted by molar-refractivity contribution is -0.161. The number of nitrogens with one attached hydrogen (secondary N) is 3. The van der Waals surface area contributed by atoms with Crippen LogP contribution in [0.4, 0.5) is 15.4 Å². The maximum absolute atomic E-state index is 12.1. The van der Waals surface area contributed by atoms with Gasteiger partial charge in [-0.25, -0.2) is 24.8 Å². The van der Waals surface area contributed by atoms with E-state index in [0.29, 0.717) is 10.8 Å². The van der Waals surface area contributed by atoms with Gasteiger partial charge in [-0.15, -0.1) is 11.3 Å². The third-order valence-electron chi connectivity index (χ3n) is 3.03. The van der Waals surface area contributed by atoms with Gasteiger partial charge in [-0.05, 0) is 55.4 Å². The first-order chi connectivity index (χ1) is 14.1. The molecule has 0 aliphatic heterocycles. The van der Waals surface area contributed by atoms with Crippen molar-refractivity contribution in [1.29, 1.82) is 0 Å². The van der Waals surface area contributed by atoms with Gasteiger partial charge in [0, 0.05) is 5.38 Å². The Morgan fingerprint density at radius 1 is 1.03 bits per heavy atom. The highest BCUT2D eigenvalue weighted by molar-refractivity contribution is 7.10. The van der Waals surface area contributed by atoms with E-state index in [2.05, 4.69) is 26.1 Å². The third kappa shape index (κ3) is 11.2. The minimum Gasteiger partial charge on any atom is -0.458 e. The van der Waals surface area contributed by atoms with Gasteiger partial charge in [-0.2, -0.15) is 0 Å². The number of hydrogen-bond donors (Lipinski definition) is 3. The van der Waals surface area contributed by atoms with Crippen molar-refractivity contribution in [2.45, 2.75) is 78.7 Å². The monoisotopic (exact) mass is 457 g/mol. The van der Waals surface area contributed by atoms with Gasteiger partial charge in [0.05, 0.1) is 6.54 Å². The second kappa shape index (κ2) is 10.4. The van der Waals surface area contributed by atoms with E-state index >= 15 is 0 Å². The van der Waals surface area contributed by atoms with Crippen LogP contribution in [-0.2, 0) is 25.7 Å². The Balaban J connectivity index is 2.39. The molecule has 0 spiro atoms. The molecule has 174 valence electrons. The molecule has 0 atom stereocenters. The van der Waals surface area contributed by atoms with Crippen LogP contribution < -0.4 is 16.1 Å². The summed E-state index contributed by atoms with van der Waals surface area (Å²) in [5, 5.41) is 7.22. The topological polar surface area (TPSA) is 140 Å². The molecule has 2 amide bonds. The maximum Gasteiger partial charge on any atom is 0.432 e. The van der Waals surface area contributed by atoms with Gasteiger partial charge >= 0.3 is 18.2 Å². The summed E-state index contributed by atoms with van der Waals surface area (Å²) >= 11 is 1.29. The summed E-state index contributed by atoms with van der Waals surface area (Å²) in [6, 6.07) is 0. The molecule has 0 fully saturated rings. The Kier molecular flexibility index (Phi) is 8.79. The molecule has 0 radical (unpaired) electrons. The summed E-state index contributed by atoms with van der Waals surface area (Å²) in [6.07, 6.45) is -0.300. The van der Waals surface area contributed by atoms with Gasteiger partial charge < -0.3 is 19.6 Å². The van der Waals surface area contributed by atoms with E-state index in [1.165, 1.54) is 31.5 Å². The van der Waals surface area contributed by atoms with Crippen molar-refractivity contribution in [3.8, 4) is 0 Å². The number of ether oxygens (including phenoxy) is 2. The highest BCUT2D eigenvalue weighted by atomic mass is 32.1. The first-order valence-electron chi connectivity index (χ1n) is 9.48. The SMILES string of the molecule is CC(C)(C)OC(=O)Nc1csc(CN=CNOC(=O)NC(C)(C)C(=O)OC(C)(C)C)n1. The second-order valence-corrected chi connectivity index (χ2v) is 9.93. The fraction of sp³-hybridized carbons (Fsp3) is 0.632. The molecule has 1 heterocycles. The summed E-state index contributed by atoms with van der Waals surface area (Å²) in [7, 11) is 0. The van der Waals surface area contributed by atoms with Crippen LogP contribution in [0.3, 0.4) is 0 Å². The fourth-order valence-corrected chi connectivity index (χ4v) is 2.49. The molecule has 0 saturated heterocycles. The number of hydrogen-bond acceptors (Lipinski definition) is 9. The number of carbonyl (C=O) groups is 3. The zero-order valence-electron chi connectivity index (χ0n) is 19.1. The molecule has 0 aromatic carbocycles. The summed E-state index contributed by atoms with van der Waals surface area (Å²) in [6.45, 7) is 13.7. The van der Waals surface area contributed by atoms with Crippen molar-refractivity contribution >= 4 is 41.6 Å². The zero-order chi connectivity index (χ0) is 23.9. The van der Waals surface area contributed by atoms with E-state index < -0.39 is 34.9 Å². The average Bonchev–Trinajstić information content (AvgIpc) is 2.97. The number of hydroxylamine groups is 1. The molecule has 3 N–H and O–H groups in total. The smallest absolute Gasteiger partial charge is 0.432 e. The molecule has 0 aliphatic rings. The lowest BCUT2D eigenvalue weighted by Gasteiger charge is -2.28. The molecule has 0 unspecified atom stereocenters. The van der Waals surface area contributed by atoms with E-state index in [9.17, 15) is 14.4 Å². The molecule has 1 aromatic heterocycles. The molecule has 1 aromatic rings. The van der Waals surface area contributed by atoms with Crippen molar-refractivity contribution in [3.05, 3.63) is 10.4 Å². The van der Waals surface area contributed by atoms with Gasteiger partial charge in [-0.3, -0.25) is 10.3 Å². The van der Waals surface area contributed by atoms with Crippen LogP contribution in [0.2, 0.25) is 0 Å². The van der Waals surface area contributed by atoms with Crippen LogP contribution in [0.15, 0.2) is 10.4 Å². The highest BCUT2D eigenvalue weighted by Gasteiger charge is 2.34. The number of amides is 2. The van der Waals surface area contributed by atoms with Crippen molar-refractivity contribution < 1.29 is 28.7 Å². The fourth-order valence-electron chi connectivity index (χ4n) is 1.83. The predicted octanol–water partition coefficient (Wildman–Crippen LogP) is 3.37. The van der Waals surface area contributed by atoms with Gasteiger partial charge in [-0.1, -0.05) is 0 Å². The second-order valence-electron chi connectivity index (χ2n) is 8.98. The molecule has 0 bridgehead atoms. The van der Waals surface area contributed by atoms with E-state index in [1.54, 1.807) is 46.9 Å². The van der Waals surface area contributed by atoms with Crippen LogP contribution in [0.1, 0.15) is 60.4 Å². The summed E-state index contributed by atoms with van der Waals surface area (Å²) in [5.74, 6) is -0.234. The van der Waals surface area contributed by atoms with Crippen LogP contribution >= 0.6 is 11.3 Å². The summed E-state index contributed by atoms with van der Waals surface area (Å²) in [5.41, 5.74) is -0.296. The number of anilines is 1. The van der Waals surface area contributed by atoms with E-state index in [4.69, 9.17) is 14.3 Å². The first kappa shape index (κ1) is 26.1. The number of carbonyl (C=O) groups excluding carboxylic acids is 3. The Bertz CT molecular complexity index is 807. The zero-order valence-corrected chi connectivity index (χ0v) is 19.9. The minimum absolute atomic E-state index is 0.196. The lowest BCUT2D eigenvalue weighted by atomic mass is 10.1. The normalized spacial score (nSPS) is 12.3. The van der Waals surface area contributed by atoms with Crippen molar-refractivity contribution in [2.24, 2.45) is 4.99 Å². The van der Waals surface area contributed by atoms with Crippen LogP contribution in [0, 0.1) is 0 Å². The van der Waals surface area contributed by atoms with E-state index in [-0.39, 0.29) is 6.54 Å². The summed E-state index contributed by atoms with van der Waals surface area (Å²) < 4.78 is 10.4. The molecule has 0 saturated carbocycles. The molecule has 0 aliphatic carbocycles. The van der Waals surface area contributed by atoms with Crippen molar-refractivity contribution in [3.63, 3.8) is 0 Å². The average molecular weight is 458 g/mol.